The maximum absolute atomic E-state index is 13.8. The van der Waals surface area contributed by atoms with E-state index in [1.807, 2.05) is 0 Å². The van der Waals surface area contributed by atoms with Crippen LogP contribution in [0.1, 0.15) is 25.7 Å². The van der Waals surface area contributed by atoms with Crippen molar-refractivity contribution in [2.75, 3.05) is 19.7 Å². The third-order valence-electron chi connectivity index (χ3n) is 4.19. The van der Waals surface area contributed by atoms with Crippen molar-refractivity contribution < 1.29 is 67.2 Å². The second-order valence-corrected chi connectivity index (χ2v) is 8.03. The molecule has 0 aliphatic carbocycles. The molecule has 0 radical (unpaired) electrons. The van der Waals surface area contributed by atoms with Crippen molar-refractivity contribution in [1.29, 1.82) is 0 Å². The van der Waals surface area contributed by atoms with Gasteiger partial charge in [-0.3, -0.25) is 4.79 Å². The molecule has 17 heteroatoms. The van der Waals surface area contributed by atoms with Gasteiger partial charge in [0.1, 0.15) is 5.57 Å². The maximum atomic E-state index is 13.8. The third kappa shape index (κ3) is 6.28. The molecule has 0 spiro atoms. The fourth-order valence-electron chi connectivity index (χ4n) is 2.45. The summed E-state index contributed by atoms with van der Waals surface area (Å²) >= 11 is 0. The van der Waals surface area contributed by atoms with Crippen LogP contribution in [-0.2, 0) is 29.2 Å². The van der Waals surface area contributed by atoms with E-state index in [9.17, 15) is 57.7 Å². The highest BCUT2D eigenvalue weighted by Gasteiger charge is 2.68. The molecule has 8 nitrogen and oxygen atoms in total. The summed E-state index contributed by atoms with van der Waals surface area (Å²) in [6, 6.07) is 0. The minimum Gasteiger partial charge on any atom is -0.743 e. The van der Waals surface area contributed by atoms with Crippen LogP contribution in [0.2, 0.25) is 0 Å². The highest BCUT2D eigenvalue weighted by atomic mass is 32.2. The number of piperidine rings is 1. The Morgan fingerprint density at radius 2 is 1.47 bits per heavy atom. The zero-order valence-electron chi connectivity index (χ0n) is 15.9. The molecule has 1 amide bonds. The highest BCUT2D eigenvalue weighted by Crippen LogP contribution is 2.40. The number of halogens is 8. The van der Waals surface area contributed by atoms with Crippen LogP contribution in [0.3, 0.4) is 0 Å². The first kappa shape index (κ1) is 28.0. The smallest absolute Gasteiger partial charge is 0.466 e. The quantitative estimate of drug-likeness (QED) is 0.163. The van der Waals surface area contributed by atoms with Gasteiger partial charge in [0, 0.05) is 19.5 Å². The van der Waals surface area contributed by atoms with Crippen LogP contribution in [-0.4, -0.2) is 72.8 Å². The second kappa shape index (κ2) is 9.46. The lowest BCUT2D eigenvalue weighted by atomic mass is 10.1. The minimum atomic E-state index is -6.36. The van der Waals surface area contributed by atoms with Gasteiger partial charge in [-0.15, -0.1) is 0 Å². The van der Waals surface area contributed by atoms with E-state index in [1.165, 1.54) is 0 Å². The average molecular weight is 506 g/mol. The summed E-state index contributed by atoms with van der Waals surface area (Å²) in [5.41, 5.74) is -2.46. The second-order valence-electron chi connectivity index (χ2n) is 6.52. The van der Waals surface area contributed by atoms with Crippen molar-refractivity contribution in [1.82, 2.24) is 4.90 Å². The molecule has 0 aromatic carbocycles. The van der Waals surface area contributed by atoms with Crippen LogP contribution in [0.15, 0.2) is 12.2 Å². The van der Waals surface area contributed by atoms with Gasteiger partial charge in [-0.25, -0.2) is 13.2 Å². The van der Waals surface area contributed by atoms with Crippen molar-refractivity contribution in [3.05, 3.63) is 12.2 Å². The molecule has 1 fully saturated rings. The van der Waals surface area contributed by atoms with E-state index in [1.54, 1.807) is 0 Å². The first-order valence-corrected chi connectivity index (χ1v) is 10.00. The molecule has 0 aromatic heterocycles. The van der Waals surface area contributed by atoms with Crippen molar-refractivity contribution in [2.45, 2.75) is 49.1 Å². The molecule has 1 heterocycles. The Hall–Kier alpha value is -2.01. The lowest BCUT2D eigenvalue weighted by molar-refractivity contribution is -0.352. The molecule has 0 bridgehead atoms. The molecule has 0 aromatic rings. The van der Waals surface area contributed by atoms with Crippen molar-refractivity contribution in [2.24, 2.45) is 0 Å². The van der Waals surface area contributed by atoms with Gasteiger partial charge in [-0.05, 0) is 19.3 Å². The molecule has 32 heavy (non-hydrogen) atoms. The Morgan fingerprint density at radius 3 is 1.88 bits per heavy atom. The zero-order valence-corrected chi connectivity index (χ0v) is 16.7. The summed E-state index contributed by atoms with van der Waals surface area (Å²) in [5.74, 6) is -9.84. The van der Waals surface area contributed by atoms with E-state index in [4.69, 9.17) is 0 Å². The van der Waals surface area contributed by atoms with Crippen molar-refractivity contribution in [3.63, 3.8) is 0 Å². The van der Waals surface area contributed by atoms with Crippen LogP contribution < -0.4 is 0 Å². The molecule has 1 unspecified atom stereocenters. The highest BCUT2D eigenvalue weighted by molar-refractivity contribution is 7.86. The van der Waals surface area contributed by atoms with Crippen LogP contribution in [0.25, 0.3) is 0 Å². The van der Waals surface area contributed by atoms with Crippen LogP contribution in [0, 0.1) is 0 Å². The number of rotatable bonds is 8. The lowest BCUT2D eigenvalue weighted by Gasteiger charge is -2.38. The van der Waals surface area contributed by atoms with Gasteiger partial charge in [-0.1, -0.05) is 6.58 Å². The summed E-state index contributed by atoms with van der Waals surface area (Å²) in [6.07, 6.45) is -13.1. The topological polar surface area (TPSA) is 113 Å². The maximum Gasteiger partial charge on any atom is 0.466 e. The normalized spacial score (nSPS) is 18.1. The minimum absolute atomic E-state index is 0.162. The predicted octanol–water partition coefficient (Wildman–Crippen LogP) is 2.46. The summed E-state index contributed by atoms with van der Waals surface area (Å²) in [4.78, 5) is 24.7. The fraction of sp³-hybridized carbons (Fsp3) is 0.733. The molecule has 1 atom stereocenters. The van der Waals surface area contributed by atoms with Gasteiger partial charge in [0.05, 0.1) is 6.61 Å². The summed E-state index contributed by atoms with van der Waals surface area (Å²) < 4.78 is 145. The van der Waals surface area contributed by atoms with Gasteiger partial charge >= 0.3 is 35.3 Å². The first-order valence-electron chi connectivity index (χ1n) is 8.59. The Labute approximate surface area is 175 Å². The SMILES string of the molecule is C=C(C(=O)OC(OCCC(F)(F)S(=O)(=O)[O-])(C(=O)N1CCCCC1)C(F)(F)F)C(F)(F)F. The number of alkyl halides is 8. The Kier molecular flexibility index (Phi) is 8.29. The molecule has 186 valence electrons. The third-order valence-corrected chi connectivity index (χ3v) is 5.12. The van der Waals surface area contributed by atoms with Gasteiger partial charge < -0.3 is 18.9 Å². The van der Waals surface area contributed by atoms with Gasteiger partial charge in [-0.2, -0.15) is 35.1 Å². The number of likely N-dealkylation sites (tertiary alicyclic amines) is 1. The molecular weight excluding hydrogens is 490 g/mol. The average Bonchev–Trinajstić information content (AvgIpc) is 2.63. The van der Waals surface area contributed by atoms with Gasteiger partial charge in [0.25, 0.3) is 0 Å². The summed E-state index contributed by atoms with van der Waals surface area (Å²) in [5, 5.41) is -5.15. The van der Waals surface area contributed by atoms with Crippen LogP contribution >= 0.6 is 0 Å². The number of nitrogens with zero attached hydrogens (tertiary/aromatic N) is 1. The number of carbonyl (C=O) groups excluding carboxylic acids is 2. The van der Waals surface area contributed by atoms with E-state index < -0.39 is 64.0 Å². The van der Waals surface area contributed by atoms with E-state index in [-0.39, 0.29) is 25.9 Å². The van der Waals surface area contributed by atoms with E-state index in [2.05, 4.69) is 16.1 Å². The number of hydrogen-bond donors (Lipinski definition) is 0. The number of ether oxygens (including phenoxy) is 2. The van der Waals surface area contributed by atoms with Crippen LogP contribution in [0.5, 0.6) is 0 Å². The van der Waals surface area contributed by atoms with E-state index >= 15 is 0 Å². The van der Waals surface area contributed by atoms with E-state index in [0.717, 1.165) is 0 Å². The summed E-state index contributed by atoms with van der Waals surface area (Å²) in [6.45, 7) is -0.503. The summed E-state index contributed by atoms with van der Waals surface area (Å²) in [7, 11) is -6.36. The van der Waals surface area contributed by atoms with Gasteiger partial charge in [0.2, 0.25) is 0 Å². The van der Waals surface area contributed by atoms with Crippen LogP contribution in [0.4, 0.5) is 35.1 Å². The standard InChI is InChI=1S/C15H17F8NO7S/c1-9(14(18,19)20)10(25)31-13(15(21,22)23,11(26)24-6-3-2-4-7-24)30-8-5-12(16,17)32(27,28)29/h1-8H2,(H,27,28,29)/p-1. The van der Waals surface area contributed by atoms with E-state index in [0.29, 0.717) is 11.3 Å². The number of hydrogen-bond acceptors (Lipinski definition) is 7. The van der Waals surface area contributed by atoms with Crippen molar-refractivity contribution >= 4 is 22.0 Å². The zero-order chi connectivity index (χ0) is 25.2. The molecule has 1 saturated heterocycles. The first-order chi connectivity index (χ1) is 14.3. The molecule has 1 aliphatic rings. The number of carbonyl (C=O) groups is 2. The molecule has 0 saturated carbocycles. The Balaban J connectivity index is 3.38. The number of amides is 1. The number of esters is 1. The largest absolute Gasteiger partial charge is 0.743 e. The Morgan fingerprint density at radius 1 is 0.969 bits per heavy atom. The predicted molar refractivity (Wildman–Crippen MR) is 85.7 cm³/mol. The fourth-order valence-corrected chi connectivity index (χ4v) is 2.78. The van der Waals surface area contributed by atoms with Crippen molar-refractivity contribution in [3.8, 4) is 0 Å². The lowest BCUT2D eigenvalue weighted by Crippen LogP contribution is -2.63. The Bertz CT molecular complexity index is 834. The molecule has 1 aliphatic heterocycles. The molecule has 0 N–H and O–H groups in total. The molecular formula is C15H16F8NO7S-. The molecule has 1 rings (SSSR count). The van der Waals surface area contributed by atoms with Gasteiger partial charge in [0.15, 0.2) is 10.1 Å². The monoisotopic (exact) mass is 506 g/mol.